The van der Waals surface area contributed by atoms with Gasteiger partial charge in [0.1, 0.15) is 35.1 Å². The Morgan fingerprint density at radius 2 is 1.71 bits per heavy atom. The highest BCUT2D eigenvalue weighted by Gasteiger charge is 2.69. The summed E-state index contributed by atoms with van der Waals surface area (Å²) in [6, 6.07) is 11.0. The number of hydrogen-bond donors (Lipinski definition) is 1. The fourth-order valence-corrected chi connectivity index (χ4v) is 8.80. The molecule has 1 fully saturated rings. The van der Waals surface area contributed by atoms with Crippen molar-refractivity contribution < 1.29 is 47.0 Å². The van der Waals surface area contributed by atoms with Crippen molar-refractivity contribution in [1.29, 1.82) is 0 Å². The zero-order valence-electron chi connectivity index (χ0n) is 31.4. The molecule has 0 saturated heterocycles. The van der Waals surface area contributed by atoms with Crippen LogP contribution in [0.5, 0.6) is 11.6 Å². The van der Waals surface area contributed by atoms with E-state index in [9.17, 15) is 9.90 Å². The van der Waals surface area contributed by atoms with Gasteiger partial charge in [-0.25, -0.2) is 9.18 Å². The lowest BCUT2D eigenvalue weighted by atomic mass is 9.57. The van der Waals surface area contributed by atoms with E-state index in [1.165, 1.54) is 6.07 Å². The molecule has 6 rings (SSSR count). The molecule has 1 N–H and O–H groups in total. The number of benzene rings is 2. The van der Waals surface area contributed by atoms with Crippen molar-refractivity contribution in [2.24, 2.45) is 11.8 Å². The second kappa shape index (κ2) is 13.0. The molecule has 278 valence electrons. The summed E-state index contributed by atoms with van der Waals surface area (Å²) >= 11 is 0. The standard InChI is InChI=1S/C39H47FN2O9Si/c1-37(2,3)49-36(46)48-26-17-16-25(40)23-18-22-19-24-30(42(7)8)32-29(35(41-50-32)47-20-21-14-12-11-13-15-21)34(45)39(24,51-52(9,10)38(4,5)6)33(44)27(22)31(43)28(23)26/h11-17,22,24,30,43H,18-20H2,1-10H3/t22-,24-,30-,39-/m0/s1. The summed E-state index contributed by atoms with van der Waals surface area (Å²) in [7, 11) is 0.670. The number of nitrogens with zero attached hydrogens (tertiary/aromatic N) is 2. The lowest BCUT2D eigenvalue weighted by Gasteiger charge is -2.55. The van der Waals surface area contributed by atoms with E-state index in [1.54, 1.807) is 20.8 Å². The molecule has 13 heteroatoms. The fourth-order valence-electron chi connectivity index (χ4n) is 7.35. The SMILES string of the molecule is CN(C)[C@@H]1c2onc(OCc3ccccc3)c2C(=O)[C@@]2(O[Si](C)(C)C(C)(C)C)C(=O)C3=C(O)c4c(OC(=O)OC(C)(C)C)ccc(F)c4C[C@H]3C[C@@H]12. The first-order valence-corrected chi connectivity index (χ1v) is 20.4. The summed E-state index contributed by atoms with van der Waals surface area (Å²) in [6.45, 7) is 15.0. The van der Waals surface area contributed by atoms with Crippen molar-refractivity contribution in [2.45, 2.75) is 96.4 Å². The number of hydrogen-bond acceptors (Lipinski definition) is 11. The van der Waals surface area contributed by atoms with Gasteiger partial charge in [0.05, 0.1) is 11.6 Å². The molecule has 52 heavy (non-hydrogen) atoms. The minimum atomic E-state index is -2.96. The minimum absolute atomic E-state index is 0.00642. The number of halogens is 1. The normalized spacial score (nSPS) is 23.1. The Labute approximate surface area is 304 Å². The van der Waals surface area contributed by atoms with Gasteiger partial charge in [-0.2, -0.15) is 0 Å². The van der Waals surface area contributed by atoms with E-state index in [4.69, 9.17) is 23.2 Å². The van der Waals surface area contributed by atoms with E-state index >= 15 is 14.0 Å². The number of rotatable bonds is 7. The van der Waals surface area contributed by atoms with E-state index in [2.05, 4.69) is 5.16 Å². The molecule has 0 radical (unpaired) electrons. The van der Waals surface area contributed by atoms with Gasteiger partial charge in [-0.15, -0.1) is 0 Å². The van der Waals surface area contributed by atoms with Crippen LogP contribution in [0.15, 0.2) is 52.6 Å². The zero-order chi connectivity index (χ0) is 38.1. The van der Waals surface area contributed by atoms with Crippen LogP contribution in [0.3, 0.4) is 0 Å². The summed E-state index contributed by atoms with van der Waals surface area (Å²) in [5.41, 5.74) is -2.32. The van der Waals surface area contributed by atoms with Crippen molar-refractivity contribution in [3.63, 3.8) is 0 Å². The molecule has 1 heterocycles. The molecule has 0 unspecified atom stereocenters. The zero-order valence-corrected chi connectivity index (χ0v) is 32.4. The number of aliphatic hydroxyl groups excluding tert-OH is 1. The van der Waals surface area contributed by atoms with Gasteiger partial charge < -0.3 is 28.3 Å². The Hall–Kier alpha value is -4.33. The van der Waals surface area contributed by atoms with Crippen LogP contribution in [0, 0.1) is 17.7 Å². The molecule has 0 aliphatic heterocycles. The van der Waals surface area contributed by atoms with Crippen LogP contribution in [-0.4, -0.2) is 66.5 Å². The third kappa shape index (κ3) is 6.26. The van der Waals surface area contributed by atoms with Crippen molar-refractivity contribution in [2.75, 3.05) is 14.1 Å². The Kier molecular flexibility index (Phi) is 9.33. The largest absolute Gasteiger partial charge is 0.514 e. The number of carbonyl (C=O) groups is 3. The predicted octanol–water partition coefficient (Wildman–Crippen LogP) is 8.00. The number of carbonyl (C=O) groups excluding carboxylic acids is 3. The average Bonchev–Trinajstić information content (AvgIpc) is 3.45. The second-order valence-corrected chi connectivity index (χ2v) is 21.4. The molecule has 1 saturated carbocycles. The summed E-state index contributed by atoms with van der Waals surface area (Å²) < 4.78 is 45.5. The predicted molar refractivity (Wildman–Crippen MR) is 192 cm³/mol. The van der Waals surface area contributed by atoms with Gasteiger partial charge in [-0.3, -0.25) is 14.5 Å². The molecule has 2 aromatic carbocycles. The lowest BCUT2D eigenvalue weighted by molar-refractivity contribution is -0.140. The summed E-state index contributed by atoms with van der Waals surface area (Å²) in [4.78, 5) is 45.4. The summed E-state index contributed by atoms with van der Waals surface area (Å²) in [6.07, 6.45) is -0.911. The van der Waals surface area contributed by atoms with Gasteiger partial charge in [0, 0.05) is 17.1 Å². The molecule has 3 aromatic rings. The number of Topliss-reactive ketones (excluding diaryl/α,β-unsaturated/α-hetero) is 2. The van der Waals surface area contributed by atoms with Crippen LogP contribution >= 0.6 is 0 Å². The van der Waals surface area contributed by atoms with Crippen molar-refractivity contribution >= 4 is 31.8 Å². The van der Waals surface area contributed by atoms with Crippen LogP contribution in [0.25, 0.3) is 5.76 Å². The molecule has 0 spiro atoms. The highest BCUT2D eigenvalue weighted by molar-refractivity contribution is 6.74. The summed E-state index contributed by atoms with van der Waals surface area (Å²) in [5.74, 6) is -4.13. The first-order chi connectivity index (χ1) is 24.2. The van der Waals surface area contributed by atoms with E-state index < -0.39 is 71.7 Å². The van der Waals surface area contributed by atoms with Crippen LogP contribution in [0.1, 0.15) is 86.8 Å². The third-order valence-corrected chi connectivity index (χ3v) is 15.1. The maximum Gasteiger partial charge on any atom is 0.514 e. The fraction of sp³-hybridized carbons (Fsp3) is 0.487. The smallest absolute Gasteiger partial charge is 0.507 e. The van der Waals surface area contributed by atoms with Crippen LogP contribution in [-0.2, 0) is 27.0 Å². The molecule has 11 nitrogen and oxygen atoms in total. The number of aliphatic hydroxyl groups is 1. The third-order valence-electron chi connectivity index (χ3n) is 10.7. The Balaban J connectivity index is 1.54. The van der Waals surface area contributed by atoms with Gasteiger partial charge >= 0.3 is 6.16 Å². The second-order valence-electron chi connectivity index (χ2n) is 16.6. The van der Waals surface area contributed by atoms with Crippen LogP contribution in [0.2, 0.25) is 18.1 Å². The van der Waals surface area contributed by atoms with E-state index in [-0.39, 0.29) is 59.1 Å². The van der Waals surface area contributed by atoms with Crippen molar-refractivity contribution in [3.05, 3.63) is 81.9 Å². The monoisotopic (exact) mass is 734 g/mol. The molecule has 3 aliphatic carbocycles. The molecule has 3 aliphatic rings. The first kappa shape index (κ1) is 37.4. The quantitative estimate of drug-likeness (QED) is 0.109. The number of fused-ring (bicyclic) bond motifs is 4. The summed E-state index contributed by atoms with van der Waals surface area (Å²) in [5, 5.41) is 15.8. The molecule has 1 aromatic heterocycles. The van der Waals surface area contributed by atoms with Gasteiger partial charge in [0.2, 0.25) is 11.6 Å². The topological polar surface area (TPSA) is 138 Å². The van der Waals surface area contributed by atoms with Gasteiger partial charge in [-0.05, 0) is 94.6 Å². The highest BCUT2D eigenvalue weighted by Crippen LogP contribution is 2.59. The minimum Gasteiger partial charge on any atom is -0.507 e. The Morgan fingerprint density at radius 3 is 2.33 bits per heavy atom. The van der Waals surface area contributed by atoms with E-state index in [1.807, 2.05) is 83.2 Å². The number of ether oxygens (including phenoxy) is 3. The van der Waals surface area contributed by atoms with Crippen LogP contribution in [0.4, 0.5) is 9.18 Å². The first-order valence-electron chi connectivity index (χ1n) is 17.5. The van der Waals surface area contributed by atoms with Crippen molar-refractivity contribution in [3.8, 4) is 11.6 Å². The van der Waals surface area contributed by atoms with Crippen molar-refractivity contribution in [1.82, 2.24) is 10.1 Å². The molecule has 0 amide bonds. The Morgan fingerprint density at radius 1 is 1.04 bits per heavy atom. The molecular weight excluding hydrogens is 688 g/mol. The van der Waals surface area contributed by atoms with E-state index in [0.717, 1.165) is 11.6 Å². The maximum atomic E-state index is 15.6. The van der Waals surface area contributed by atoms with E-state index in [0.29, 0.717) is 0 Å². The number of ketones is 2. The van der Waals surface area contributed by atoms with Crippen LogP contribution < -0.4 is 9.47 Å². The average molecular weight is 735 g/mol. The van der Waals surface area contributed by atoms with Gasteiger partial charge in [-0.1, -0.05) is 51.1 Å². The number of aromatic nitrogens is 1. The molecule has 0 bridgehead atoms. The maximum absolute atomic E-state index is 15.6. The Bertz CT molecular complexity index is 1960. The molecule has 4 atom stereocenters. The highest BCUT2D eigenvalue weighted by atomic mass is 28.4. The lowest BCUT2D eigenvalue weighted by Crippen LogP contribution is -2.68. The van der Waals surface area contributed by atoms with Gasteiger partial charge in [0.15, 0.2) is 19.7 Å². The molecular formula is C39H47FN2O9Si. The van der Waals surface area contributed by atoms with Gasteiger partial charge in [0.25, 0.3) is 5.88 Å².